The Morgan fingerprint density at radius 2 is 2.53 bits per heavy atom. The summed E-state index contributed by atoms with van der Waals surface area (Å²) in [7, 11) is 1.66. The van der Waals surface area contributed by atoms with Crippen molar-refractivity contribution < 1.29 is 0 Å². The van der Waals surface area contributed by atoms with Crippen molar-refractivity contribution in [3.63, 3.8) is 0 Å². The SMILES string of the molecule is CCn1cnc2c1CCC(CNC(=NC)NC#N)C2. The Morgan fingerprint density at radius 1 is 1.68 bits per heavy atom. The molecule has 0 saturated carbocycles. The minimum Gasteiger partial charge on any atom is -0.355 e. The van der Waals surface area contributed by atoms with Crippen LogP contribution in [0.4, 0.5) is 0 Å². The molecule has 0 aromatic carbocycles. The van der Waals surface area contributed by atoms with Gasteiger partial charge < -0.3 is 9.88 Å². The number of aryl methyl sites for hydroxylation is 1. The first-order chi connectivity index (χ1) is 9.28. The van der Waals surface area contributed by atoms with Gasteiger partial charge in [-0.3, -0.25) is 10.3 Å². The van der Waals surface area contributed by atoms with Gasteiger partial charge in [-0.05, 0) is 32.1 Å². The number of nitrogens with one attached hydrogen (secondary N) is 2. The highest BCUT2D eigenvalue weighted by Gasteiger charge is 2.22. The fraction of sp³-hybridized carbons (Fsp3) is 0.615. The second-order valence-electron chi connectivity index (χ2n) is 4.72. The number of aromatic nitrogens is 2. The van der Waals surface area contributed by atoms with Crippen molar-refractivity contribution in [3.05, 3.63) is 17.7 Å². The number of nitrogens with zero attached hydrogens (tertiary/aromatic N) is 4. The summed E-state index contributed by atoms with van der Waals surface area (Å²) in [5.74, 6) is 1.08. The molecule has 0 saturated heterocycles. The van der Waals surface area contributed by atoms with E-state index in [1.54, 1.807) is 7.05 Å². The van der Waals surface area contributed by atoms with Crippen LogP contribution >= 0.6 is 0 Å². The van der Waals surface area contributed by atoms with Crippen LogP contribution in [0.1, 0.15) is 24.7 Å². The summed E-state index contributed by atoms with van der Waals surface area (Å²) in [6, 6.07) is 0. The van der Waals surface area contributed by atoms with Gasteiger partial charge in [0.1, 0.15) is 0 Å². The van der Waals surface area contributed by atoms with E-state index in [-0.39, 0.29) is 0 Å². The molecule has 6 nitrogen and oxygen atoms in total. The van der Waals surface area contributed by atoms with Crippen molar-refractivity contribution in [2.45, 2.75) is 32.7 Å². The summed E-state index contributed by atoms with van der Waals surface area (Å²) in [4.78, 5) is 8.47. The highest BCUT2D eigenvalue weighted by atomic mass is 15.2. The second kappa shape index (κ2) is 6.23. The zero-order valence-electron chi connectivity index (χ0n) is 11.5. The van der Waals surface area contributed by atoms with Gasteiger partial charge in [-0.1, -0.05) is 0 Å². The van der Waals surface area contributed by atoms with Crippen LogP contribution in [0.25, 0.3) is 0 Å². The van der Waals surface area contributed by atoms with Crippen molar-refractivity contribution in [2.75, 3.05) is 13.6 Å². The number of nitriles is 1. The lowest BCUT2D eigenvalue weighted by Crippen LogP contribution is -2.38. The molecule has 0 bridgehead atoms. The first kappa shape index (κ1) is 13.4. The third-order valence-corrected chi connectivity index (χ3v) is 3.60. The molecule has 0 aliphatic heterocycles. The van der Waals surface area contributed by atoms with E-state index < -0.39 is 0 Å². The van der Waals surface area contributed by atoms with E-state index in [1.165, 1.54) is 11.4 Å². The van der Waals surface area contributed by atoms with E-state index >= 15 is 0 Å². The summed E-state index contributed by atoms with van der Waals surface area (Å²) in [5, 5.41) is 14.3. The first-order valence-corrected chi connectivity index (χ1v) is 6.67. The van der Waals surface area contributed by atoms with Gasteiger partial charge in [-0.2, -0.15) is 5.26 Å². The average molecular weight is 260 g/mol. The van der Waals surface area contributed by atoms with Crippen molar-refractivity contribution in [1.82, 2.24) is 20.2 Å². The second-order valence-corrected chi connectivity index (χ2v) is 4.72. The van der Waals surface area contributed by atoms with Gasteiger partial charge in [0.2, 0.25) is 5.96 Å². The lowest BCUT2D eigenvalue weighted by atomic mass is 9.89. The summed E-state index contributed by atoms with van der Waals surface area (Å²) in [5.41, 5.74) is 2.61. The molecule has 0 radical (unpaired) electrons. The van der Waals surface area contributed by atoms with E-state index in [0.29, 0.717) is 11.9 Å². The summed E-state index contributed by atoms with van der Waals surface area (Å²) < 4.78 is 2.23. The summed E-state index contributed by atoms with van der Waals surface area (Å²) in [6.45, 7) is 3.96. The number of hydrogen-bond acceptors (Lipinski definition) is 3. The first-order valence-electron chi connectivity index (χ1n) is 6.67. The molecule has 1 aromatic heterocycles. The van der Waals surface area contributed by atoms with Gasteiger partial charge in [0.15, 0.2) is 6.19 Å². The Morgan fingerprint density at radius 3 is 3.21 bits per heavy atom. The molecular formula is C13H20N6. The van der Waals surface area contributed by atoms with Crippen LogP contribution in [-0.2, 0) is 19.4 Å². The molecule has 0 fully saturated rings. The van der Waals surface area contributed by atoms with Crippen molar-refractivity contribution in [2.24, 2.45) is 10.9 Å². The molecule has 1 heterocycles. The highest BCUT2D eigenvalue weighted by Crippen LogP contribution is 2.24. The maximum absolute atomic E-state index is 8.57. The van der Waals surface area contributed by atoms with Crippen LogP contribution < -0.4 is 10.6 Å². The van der Waals surface area contributed by atoms with E-state index in [0.717, 1.165) is 32.4 Å². The van der Waals surface area contributed by atoms with Gasteiger partial charge in [0.25, 0.3) is 0 Å². The third-order valence-electron chi connectivity index (χ3n) is 3.60. The number of hydrogen-bond donors (Lipinski definition) is 2. The quantitative estimate of drug-likeness (QED) is 0.362. The lowest BCUT2D eigenvalue weighted by molar-refractivity contribution is 0.437. The van der Waals surface area contributed by atoms with Gasteiger partial charge in [0, 0.05) is 25.8 Å². The molecule has 102 valence electrons. The Kier molecular flexibility index (Phi) is 4.39. The molecule has 0 amide bonds. The maximum atomic E-state index is 8.57. The molecule has 2 N–H and O–H groups in total. The topological polar surface area (TPSA) is 78.0 Å². The Labute approximate surface area is 113 Å². The van der Waals surface area contributed by atoms with E-state index in [2.05, 4.69) is 32.1 Å². The molecule has 6 heteroatoms. The molecule has 1 aromatic rings. The Hall–Kier alpha value is -2.03. The van der Waals surface area contributed by atoms with Crippen molar-refractivity contribution in [3.8, 4) is 6.19 Å². The fourth-order valence-corrected chi connectivity index (χ4v) is 2.54. The van der Waals surface area contributed by atoms with Gasteiger partial charge >= 0.3 is 0 Å². The normalized spacial score (nSPS) is 18.6. The lowest BCUT2D eigenvalue weighted by Gasteiger charge is -2.23. The summed E-state index contributed by atoms with van der Waals surface area (Å²) in [6.07, 6.45) is 7.05. The third kappa shape index (κ3) is 3.05. The highest BCUT2D eigenvalue weighted by molar-refractivity contribution is 5.80. The predicted molar refractivity (Wildman–Crippen MR) is 73.5 cm³/mol. The minimum atomic E-state index is 0.535. The fourth-order valence-electron chi connectivity index (χ4n) is 2.54. The van der Waals surface area contributed by atoms with Gasteiger partial charge in [-0.15, -0.1) is 0 Å². The smallest absolute Gasteiger partial charge is 0.204 e. The molecule has 1 aliphatic carbocycles. The number of guanidine groups is 1. The number of rotatable bonds is 3. The monoisotopic (exact) mass is 260 g/mol. The van der Waals surface area contributed by atoms with Crippen molar-refractivity contribution in [1.29, 1.82) is 5.26 Å². The molecule has 1 unspecified atom stereocenters. The molecule has 2 rings (SSSR count). The number of aliphatic imine (C=N–C) groups is 1. The largest absolute Gasteiger partial charge is 0.355 e. The van der Waals surface area contributed by atoms with Gasteiger partial charge in [0.05, 0.1) is 12.0 Å². The molecule has 19 heavy (non-hydrogen) atoms. The number of fused-ring (bicyclic) bond motifs is 1. The summed E-state index contributed by atoms with van der Waals surface area (Å²) >= 11 is 0. The minimum absolute atomic E-state index is 0.535. The van der Waals surface area contributed by atoms with Crippen LogP contribution in [0, 0.1) is 17.4 Å². The Bertz CT molecular complexity index is 496. The average Bonchev–Trinajstić information content (AvgIpc) is 2.85. The van der Waals surface area contributed by atoms with Crippen molar-refractivity contribution >= 4 is 5.96 Å². The van der Waals surface area contributed by atoms with E-state index in [4.69, 9.17) is 5.26 Å². The van der Waals surface area contributed by atoms with E-state index in [1.807, 2.05) is 12.5 Å². The van der Waals surface area contributed by atoms with Crippen LogP contribution in [0.15, 0.2) is 11.3 Å². The van der Waals surface area contributed by atoms with Gasteiger partial charge in [-0.25, -0.2) is 4.98 Å². The molecule has 0 spiro atoms. The molecule has 1 atom stereocenters. The van der Waals surface area contributed by atoms with Crippen LogP contribution in [0.2, 0.25) is 0 Å². The van der Waals surface area contributed by atoms with Crippen LogP contribution in [-0.4, -0.2) is 29.1 Å². The molecule has 1 aliphatic rings. The maximum Gasteiger partial charge on any atom is 0.204 e. The van der Waals surface area contributed by atoms with E-state index in [9.17, 15) is 0 Å². The predicted octanol–water partition coefficient (Wildman–Crippen LogP) is 0.654. The zero-order chi connectivity index (χ0) is 13.7. The van der Waals surface area contributed by atoms with Crippen LogP contribution in [0.3, 0.4) is 0 Å². The molecular weight excluding hydrogens is 240 g/mol. The standard InChI is InChI=1S/C13H20N6/c1-3-19-9-18-11-6-10(4-5-12(11)19)7-16-13(15-2)17-8-14/h9-10H,3-7H2,1-2H3,(H2,15,16,17). The van der Waals surface area contributed by atoms with Crippen LogP contribution in [0.5, 0.6) is 0 Å². The Balaban J connectivity index is 1.90. The number of imidazole rings is 1. The zero-order valence-corrected chi connectivity index (χ0v) is 11.5.